The topological polar surface area (TPSA) is 61.4 Å². The fraction of sp³-hybridized carbons (Fsp3) is 0.333. The molecule has 1 aliphatic rings. The van der Waals surface area contributed by atoms with Crippen LogP contribution in [-0.2, 0) is 4.79 Å². The van der Waals surface area contributed by atoms with E-state index in [0.717, 1.165) is 40.1 Å². The van der Waals surface area contributed by atoms with E-state index in [4.69, 9.17) is 0 Å². The highest BCUT2D eigenvalue weighted by Crippen LogP contribution is 2.14. The Bertz CT molecular complexity index is 710. The van der Waals surface area contributed by atoms with Gasteiger partial charge >= 0.3 is 0 Å². The summed E-state index contributed by atoms with van der Waals surface area (Å²) in [5.74, 6) is 0.00665. The normalized spacial score (nSPS) is 15.7. The summed E-state index contributed by atoms with van der Waals surface area (Å²) >= 11 is 3.69. The number of hydrogen-bond donors (Lipinski definition) is 2. The monoisotopic (exact) mass is 469 g/mol. The van der Waals surface area contributed by atoms with Crippen molar-refractivity contribution >= 4 is 51.4 Å². The van der Waals surface area contributed by atoms with E-state index in [9.17, 15) is 9.59 Å². The zero-order chi connectivity index (χ0) is 17.6. The molecule has 1 saturated heterocycles. The SMILES string of the molecule is O=C(CN1CCC(NC(=O)c2cccs2)CC1)Nc1ccc(I)cc1. The second-order valence-electron chi connectivity index (χ2n) is 6.06. The fourth-order valence-corrected chi connectivity index (χ4v) is 3.82. The van der Waals surface area contributed by atoms with Crippen LogP contribution in [0.4, 0.5) is 5.69 Å². The third kappa shape index (κ3) is 5.52. The molecule has 132 valence electrons. The third-order valence-electron chi connectivity index (χ3n) is 4.16. The second kappa shape index (κ2) is 8.77. The Hall–Kier alpha value is -1.45. The Labute approximate surface area is 164 Å². The number of benzene rings is 1. The molecule has 2 N–H and O–H groups in total. The second-order valence-corrected chi connectivity index (χ2v) is 8.25. The number of nitrogens with zero attached hydrogens (tertiary/aromatic N) is 1. The van der Waals surface area contributed by atoms with Gasteiger partial charge in [0.2, 0.25) is 5.91 Å². The molecule has 0 bridgehead atoms. The predicted molar refractivity (Wildman–Crippen MR) is 109 cm³/mol. The molecule has 2 aromatic rings. The Balaban J connectivity index is 1.40. The molecule has 0 unspecified atom stereocenters. The molecule has 1 aliphatic heterocycles. The van der Waals surface area contributed by atoms with E-state index in [1.54, 1.807) is 0 Å². The van der Waals surface area contributed by atoms with Gasteiger partial charge in [-0.15, -0.1) is 11.3 Å². The molecule has 0 radical (unpaired) electrons. The molecule has 1 aromatic carbocycles. The van der Waals surface area contributed by atoms with E-state index in [-0.39, 0.29) is 17.9 Å². The predicted octanol–water partition coefficient (Wildman–Crippen LogP) is 3.19. The number of halogens is 1. The molecule has 2 heterocycles. The summed E-state index contributed by atoms with van der Waals surface area (Å²) in [7, 11) is 0. The molecule has 0 saturated carbocycles. The van der Waals surface area contributed by atoms with E-state index in [0.29, 0.717) is 6.54 Å². The van der Waals surface area contributed by atoms with Gasteiger partial charge in [0.25, 0.3) is 5.91 Å². The minimum Gasteiger partial charge on any atom is -0.349 e. The molecular weight excluding hydrogens is 449 g/mol. The lowest BCUT2D eigenvalue weighted by molar-refractivity contribution is -0.117. The van der Waals surface area contributed by atoms with Gasteiger partial charge in [-0.3, -0.25) is 14.5 Å². The van der Waals surface area contributed by atoms with Crippen molar-refractivity contribution in [1.82, 2.24) is 10.2 Å². The number of rotatable bonds is 5. The van der Waals surface area contributed by atoms with Gasteiger partial charge in [-0.1, -0.05) is 6.07 Å². The third-order valence-corrected chi connectivity index (χ3v) is 5.75. The number of carbonyl (C=O) groups is 2. The van der Waals surface area contributed by atoms with Gasteiger partial charge in [-0.25, -0.2) is 0 Å². The van der Waals surface area contributed by atoms with Crippen LogP contribution in [0.3, 0.4) is 0 Å². The smallest absolute Gasteiger partial charge is 0.261 e. The van der Waals surface area contributed by atoms with Crippen LogP contribution in [-0.4, -0.2) is 42.4 Å². The van der Waals surface area contributed by atoms with Crippen molar-refractivity contribution < 1.29 is 9.59 Å². The standard InChI is InChI=1S/C18H20IN3O2S/c19-13-3-5-14(6-4-13)20-17(23)12-22-9-7-15(8-10-22)21-18(24)16-2-1-11-25-16/h1-6,11,15H,7-10,12H2,(H,20,23)(H,21,24). The number of nitrogens with one attached hydrogen (secondary N) is 2. The molecule has 0 aliphatic carbocycles. The Morgan fingerprint density at radius 1 is 1.16 bits per heavy atom. The summed E-state index contributed by atoms with van der Waals surface area (Å²) in [5, 5.41) is 7.92. The minimum atomic E-state index is 0.00211. The van der Waals surface area contributed by atoms with Gasteiger partial charge in [0.05, 0.1) is 11.4 Å². The van der Waals surface area contributed by atoms with Gasteiger partial charge in [-0.2, -0.15) is 0 Å². The van der Waals surface area contributed by atoms with Gasteiger partial charge in [0.1, 0.15) is 0 Å². The van der Waals surface area contributed by atoms with Crippen LogP contribution < -0.4 is 10.6 Å². The maximum atomic E-state index is 12.2. The van der Waals surface area contributed by atoms with E-state index in [2.05, 4.69) is 38.1 Å². The molecule has 5 nitrogen and oxygen atoms in total. The average Bonchev–Trinajstić information content (AvgIpc) is 3.13. The summed E-state index contributed by atoms with van der Waals surface area (Å²) in [6.45, 7) is 2.02. The van der Waals surface area contributed by atoms with Crippen LogP contribution in [0.5, 0.6) is 0 Å². The van der Waals surface area contributed by atoms with Gasteiger partial charge in [0, 0.05) is 28.4 Å². The Morgan fingerprint density at radius 3 is 2.52 bits per heavy atom. The maximum Gasteiger partial charge on any atom is 0.261 e. The molecule has 0 atom stereocenters. The number of hydrogen-bond acceptors (Lipinski definition) is 4. The molecule has 1 aromatic heterocycles. The van der Waals surface area contributed by atoms with Crippen molar-refractivity contribution in [2.75, 3.05) is 25.0 Å². The van der Waals surface area contributed by atoms with Crippen LogP contribution in [0.25, 0.3) is 0 Å². The summed E-state index contributed by atoms with van der Waals surface area (Å²) in [6.07, 6.45) is 1.74. The number of likely N-dealkylation sites (tertiary alicyclic amines) is 1. The number of amides is 2. The molecular formula is C18H20IN3O2S. The number of piperidine rings is 1. The van der Waals surface area contributed by atoms with Crippen LogP contribution in [0.2, 0.25) is 0 Å². The van der Waals surface area contributed by atoms with Crippen molar-refractivity contribution in [2.45, 2.75) is 18.9 Å². The number of carbonyl (C=O) groups excluding carboxylic acids is 2. The Morgan fingerprint density at radius 2 is 1.88 bits per heavy atom. The van der Waals surface area contributed by atoms with Gasteiger partial charge in [-0.05, 0) is 71.1 Å². The van der Waals surface area contributed by atoms with Gasteiger partial charge < -0.3 is 10.6 Å². The van der Waals surface area contributed by atoms with Crippen molar-refractivity contribution in [3.63, 3.8) is 0 Å². The van der Waals surface area contributed by atoms with Crippen LogP contribution in [0, 0.1) is 3.57 Å². The van der Waals surface area contributed by atoms with Crippen molar-refractivity contribution in [3.05, 3.63) is 50.2 Å². The lowest BCUT2D eigenvalue weighted by Crippen LogP contribution is -2.46. The highest BCUT2D eigenvalue weighted by atomic mass is 127. The van der Waals surface area contributed by atoms with Crippen molar-refractivity contribution in [3.8, 4) is 0 Å². The van der Waals surface area contributed by atoms with Crippen LogP contribution >= 0.6 is 33.9 Å². The van der Waals surface area contributed by atoms with E-state index in [1.807, 2.05) is 41.8 Å². The minimum absolute atomic E-state index is 0.00211. The van der Waals surface area contributed by atoms with E-state index < -0.39 is 0 Å². The summed E-state index contributed by atoms with van der Waals surface area (Å²) in [4.78, 5) is 27.1. The average molecular weight is 469 g/mol. The number of anilines is 1. The fourth-order valence-electron chi connectivity index (χ4n) is 2.84. The highest BCUT2D eigenvalue weighted by Gasteiger charge is 2.22. The molecule has 7 heteroatoms. The molecule has 0 spiro atoms. The first-order chi connectivity index (χ1) is 12.1. The first kappa shape index (κ1) is 18.3. The lowest BCUT2D eigenvalue weighted by Gasteiger charge is -2.31. The maximum absolute atomic E-state index is 12.2. The highest BCUT2D eigenvalue weighted by molar-refractivity contribution is 14.1. The Kier molecular flexibility index (Phi) is 6.44. The first-order valence-electron chi connectivity index (χ1n) is 8.22. The molecule has 3 rings (SSSR count). The zero-order valence-corrected chi connectivity index (χ0v) is 16.7. The first-order valence-corrected chi connectivity index (χ1v) is 10.2. The molecule has 25 heavy (non-hydrogen) atoms. The molecule has 1 fully saturated rings. The van der Waals surface area contributed by atoms with E-state index >= 15 is 0 Å². The largest absolute Gasteiger partial charge is 0.349 e. The van der Waals surface area contributed by atoms with E-state index in [1.165, 1.54) is 11.3 Å². The summed E-state index contributed by atoms with van der Waals surface area (Å²) in [5.41, 5.74) is 0.823. The summed E-state index contributed by atoms with van der Waals surface area (Å²) < 4.78 is 1.14. The number of thiophene rings is 1. The summed E-state index contributed by atoms with van der Waals surface area (Å²) in [6, 6.07) is 11.7. The van der Waals surface area contributed by atoms with Crippen LogP contribution in [0.1, 0.15) is 22.5 Å². The van der Waals surface area contributed by atoms with Crippen molar-refractivity contribution in [1.29, 1.82) is 0 Å². The lowest BCUT2D eigenvalue weighted by atomic mass is 10.0. The van der Waals surface area contributed by atoms with Crippen LogP contribution in [0.15, 0.2) is 41.8 Å². The quantitative estimate of drug-likeness (QED) is 0.662. The zero-order valence-electron chi connectivity index (χ0n) is 13.7. The van der Waals surface area contributed by atoms with Crippen molar-refractivity contribution in [2.24, 2.45) is 0 Å². The van der Waals surface area contributed by atoms with Gasteiger partial charge in [0.15, 0.2) is 0 Å². The molecule has 2 amide bonds.